The highest BCUT2D eigenvalue weighted by atomic mass is 16.3. The molecule has 1 fully saturated rings. The second-order valence-corrected chi connectivity index (χ2v) is 4.13. The molecule has 1 aliphatic heterocycles. The molecule has 78 valence electrons. The molecule has 3 nitrogen and oxygen atoms in total. The van der Waals surface area contributed by atoms with Crippen LogP contribution in [0.1, 0.15) is 12.2 Å². The third-order valence-corrected chi connectivity index (χ3v) is 2.80. The molecule has 1 aliphatic rings. The molecule has 0 bridgehead atoms. The molecule has 0 aliphatic carbocycles. The van der Waals surface area contributed by atoms with Gasteiger partial charge in [0.05, 0.1) is 12.8 Å². The summed E-state index contributed by atoms with van der Waals surface area (Å²) in [6, 6.07) is 3.94. The summed E-state index contributed by atoms with van der Waals surface area (Å²) in [6.45, 7) is 4.43. The topological polar surface area (TPSA) is 28.4 Å². The van der Waals surface area contributed by atoms with Crippen LogP contribution >= 0.6 is 0 Å². The third kappa shape index (κ3) is 2.59. The number of rotatable bonds is 4. The van der Waals surface area contributed by atoms with Crippen LogP contribution in [0, 0.1) is 5.92 Å². The first-order valence-electron chi connectivity index (χ1n) is 5.26. The van der Waals surface area contributed by atoms with E-state index in [1.807, 2.05) is 12.1 Å². The minimum atomic E-state index is 0.815. The maximum absolute atomic E-state index is 5.25. The van der Waals surface area contributed by atoms with Crippen LogP contribution in [0.4, 0.5) is 0 Å². The lowest BCUT2D eigenvalue weighted by Crippen LogP contribution is -2.24. The Morgan fingerprint density at radius 1 is 1.64 bits per heavy atom. The van der Waals surface area contributed by atoms with Crippen molar-refractivity contribution in [3.05, 3.63) is 24.2 Å². The van der Waals surface area contributed by atoms with Crippen LogP contribution in [0.5, 0.6) is 0 Å². The molecule has 14 heavy (non-hydrogen) atoms. The van der Waals surface area contributed by atoms with E-state index in [2.05, 4.69) is 17.3 Å². The van der Waals surface area contributed by atoms with E-state index in [4.69, 9.17) is 4.42 Å². The zero-order valence-electron chi connectivity index (χ0n) is 8.70. The average Bonchev–Trinajstić information content (AvgIpc) is 2.77. The summed E-state index contributed by atoms with van der Waals surface area (Å²) < 4.78 is 5.25. The molecule has 0 amide bonds. The van der Waals surface area contributed by atoms with Gasteiger partial charge in [0, 0.05) is 6.54 Å². The minimum absolute atomic E-state index is 0.815. The monoisotopic (exact) mass is 194 g/mol. The van der Waals surface area contributed by atoms with Crippen molar-refractivity contribution in [2.24, 2.45) is 5.92 Å². The van der Waals surface area contributed by atoms with Gasteiger partial charge in [-0.3, -0.25) is 0 Å². The molecule has 0 spiro atoms. The first-order chi connectivity index (χ1) is 6.84. The maximum Gasteiger partial charge on any atom is 0.117 e. The molecule has 2 heterocycles. The van der Waals surface area contributed by atoms with Crippen molar-refractivity contribution in [2.75, 3.05) is 26.7 Å². The normalized spacial score (nSPS) is 23.1. The minimum Gasteiger partial charge on any atom is -0.468 e. The molecule has 1 saturated heterocycles. The molecule has 1 unspecified atom stereocenters. The lowest BCUT2D eigenvalue weighted by Gasteiger charge is -2.10. The molecule has 1 aromatic rings. The van der Waals surface area contributed by atoms with Crippen LogP contribution in [0.25, 0.3) is 0 Å². The molecule has 0 saturated carbocycles. The summed E-state index contributed by atoms with van der Waals surface area (Å²) in [5, 5.41) is 3.43. The van der Waals surface area contributed by atoms with Gasteiger partial charge in [0.25, 0.3) is 0 Å². The highest BCUT2D eigenvalue weighted by Crippen LogP contribution is 2.13. The Hall–Kier alpha value is -0.800. The van der Waals surface area contributed by atoms with Gasteiger partial charge >= 0.3 is 0 Å². The van der Waals surface area contributed by atoms with Crippen LogP contribution in [-0.2, 0) is 6.54 Å². The van der Waals surface area contributed by atoms with Crippen LogP contribution in [0.3, 0.4) is 0 Å². The van der Waals surface area contributed by atoms with E-state index in [1.165, 1.54) is 19.5 Å². The van der Waals surface area contributed by atoms with Crippen LogP contribution < -0.4 is 5.32 Å². The summed E-state index contributed by atoms with van der Waals surface area (Å²) in [6.07, 6.45) is 3.04. The molecule has 3 heteroatoms. The first-order valence-corrected chi connectivity index (χ1v) is 5.26. The maximum atomic E-state index is 5.25. The Balaban J connectivity index is 1.64. The molecule has 2 rings (SSSR count). The number of hydrogen-bond acceptors (Lipinski definition) is 3. The van der Waals surface area contributed by atoms with Gasteiger partial charge in [0.2, 0.25) is 0 Å². The second-order valence-electron chi connectivity index (χ2n) is 4.13. The van der Waals surface area contributed by atoms with Gasteiger partial charge in [-0.15, -0.1) is 0 Å². The van der Waals surface area contributed by atoms with E-state index >= 15 is 0 Å². The molecule has 1 atom stereocenters. The second kappa shape index (κ2) is 4.62. The molecule has 1 N–H and O–H groups in total. The number of likely N-dealkylation sites (tertiary alicyclic amines) is 1. The predicted octanol–water partition coefficient (Wildman–Crippen LogP) is 1.32. The quantitative estimate of drug-likeness (QED) is 0.783. The van der Waals surface area contributed by atoms with Gasteiger partial charge in [-0.25, -0.2) is 0 Å². The zero-order chi connectivity index (χ0) is 9.80. The largest absolute Gasteiger partial charge is 0.468 e. The average molecular weight is 194 g/mol. The Morgan fingerprint density at radius 2 is 2.57 bits per heavy atom. The number of furan rings is 1. The zero-order valence-corrected chi connectivity index (χ0v) is 8.70. The van der Waals surface area contributed by atoms with E-state index in [9.17, 15) is 0 Å². The lowest BCUT2D eigenvalue weighted by atomic mass is 10.1. The predicted molar refractivity (Wildman–Crippen MR) is 56.0 cm³/mol. The fraction of sp³-hybridized carbons (Fsp3) is 0.636. The standard InChI is InChI=1S/C11H18N2O/c1-13-5-4-10(9-13)7-12-8-11-3-2-6-14-11/h2-3,6,10,12H,4-5,7-9H2,1H3. The lowest BCUT2D eigenvalue weighted by molar-refractivity contribution is 0.384. The van der Waals surface area contributed by atoms with Crippen LogP contribution in [-0.4, -0.2) is 31.6 Å². The van der Waals surface area contributed by atoms with Crippen LogP contribution in [0.2, 0.25) is 0 Å². The molecular formula is C11H18N2O. The van der Waals surface area contributed by atoms with E-state index in [0.717, 1.165) is 24.8 Å². The van der Waals surface area contributed by atoms with Crippen molar-refractivity contribution in [2.45, 2.75) is 13.0 Å². The summed E-state index contributed by atoms with van der Waals surface area (Å²) in [7, 11) is 2.19. The summed E-state index contributed by atoms with van der Waals surface area (Å²) in [5.74, 6) is 1.84. The van der Waals surface area contributed by atoms with Gasteiger partial charge in [-0.1, -0.05) is 0 Å². The summed E-state index contributed by atoms with van der Waals surface area (Å²) >= 11 is 0. The van der Waals surface area contributed by atoms with E-state index < -0.39 is 0 Å². The van der Waals surface area contributed by atoms with Gasteiger partial charge in [0.15, 0.2) is 0 Å². The Morgan fingerprint density at radius 3 is 3.21 bits per heavy atom. The van der Waals surface area contributed by atoms with Crippen molar-refractivity contribution in [1.82, 2.24) is 10.2 Å². The fourth-order valence-corrected chi connectivity index (χ4v) is 2.01. The Labute approximate surface area is 85.1 Å². The molecule has 1 aromatic heterocycles. The number of nitrogens with one attached hydrogen (secondary N) is 1. The van der Waals surface area contributed by atoms with Gasteiger partial charge < -0.3 is 14.6 Å². The van der Waals surface area contributed by atoms with Crippen molar-refractivity contribution in [1.29, 1.82) is 0 Å². The number of hydrogen-bond donors (Lipinski definition) is 1. The first kappa shape index (κ1) is 9.74. The van der Waals surface area contributed by atoms with Crippen molar-refractivity contribution >= 4 is 0 Å². The Bertz CT molecular complexity index is 258. The summed E-state index contributed by atoms with van der Waals surface area (Å²) in [4.78, 5) is 2.39. The molecular weight excluding hydrogens is 176 g/mol. The molecule has 0 aromatic carbocycles. The van der Waals surface area contributed by atoms with Crippen LogP contribution in [0.15, 0.2) is 22.8 Å². The van der Waals surface area contributed by atoms with E-state index in [0.29, 0.717) is 0 Å². The van der Waals surface area contributed by atoms with Gasteiger partial charge in [-0.05, 0) is 44.6 Å². The Kier molecular flexibility index (Phi) is 3.22. The third-order valence-electron chi connectivity index (χ3n) is 2.80. The van der Waals surface area contributed by atoms with Crippen molar-refractivity contribution in [3.63, 3.8) is 0 Å². The highest BCUT2D eigenvalue weighted by Gasteiger charge is 2.18. The van der Waals surface area contributed by atoms with E-state index in [-0.39, 0.29) is 0 Å². The SMILES string of the molecule is CN1CCC(CNCc2ccco2)C1. The van der Waals surface area contributed by atoms with Crippen molar-refractivity contribution < 1.29 is 4.42 Å². The van der Waals surface area contributed by atoms with Gasteiger partial charge in [-0.2, -0.15) is 0 Å². The summed E-state index contributed by atoms with van der Waals surface area (Å²) in [5.41, 5.74) is 0. The molecule has 0 radical (unpaired) electrons. The number of nitrogens with zero attached hydrogens (tertiary/aromatic N) is 1. The van der Waals surface area contributed by atoms with Gasteiger partial charge in [0.1, 0.15) is 5.76 Å². The van der Waals surface area contributed by atoms with Crippen molar-refractivity contribution in [3.8, 4) is 0 Å². The highest BCUT2D eigenvalue weighted by molar-refractivity contribution is 4.97. The smallest absolute Gasteiger partial charge is 0.117 e. The van der Waals surface area contributed by atoms with E-state index in [1.54, 1.807) is 6.26 Å². The fourth-order valence-electron chi connectivity index (χ4n) is 2.01.